The molecule has 132 valence electrons. The van der Waals surface area contributed by atoms with Gasteiger partial charge >= 0.3 is 6.03 Å². The van der Waals surface area contributed by atoms with Gasteiger partial charge in [-0.15, -0.1) is 0 Å². The van der Waals surface area contributed by atoms with Crippen LogP contribution in [0, 0.1) is 0 Å². The van der Waals surface area contributed by atoms with Crippen LogP contribution in [-0.4, -0.2) is 29.9 Å². The average molecular weight is 341 g/mol. The Hall–Kier alpha value is -2.76. The third kappa shape index (κ3) is 4.86. The van der Waals surface area contributed by atoms with Crippen molar-refractivity contribution in [1.82, 2.24) is 4.90 Å². The molecule has 25 heavy (non-hydrogen) atoms. The van der Waals surface area contributed by atoms with Crippen molar-refractivity contribution in [2.24, 2.45) is 0 Å². The molecule has 0 radical (unpaired) electrons. The molecule has 1 aromatic carbocycles. The average Bonchev–Trinajstić information content (AvgIpc) is 3.09. The fraction of sp³-hybridized carbons (Fsp3) is 0.368. The molecule has 2 aromatic rings. The Kier molecular flexibility index (Phi) is 5.72. The summed E-state index contributed by atoms with van der Waals surface area (Å²) in [6.07, 6.45) is 8.56. The van der Waals surface area contributed by atoms with Crippen molar-refractivity contribution in [1.29, 1.82) is 0 Å². The van der Waals surface area contributed by atoms with Crippen molar-refractivity contribution in [3.05, 3.63) is 48.4 Å². The minimum atomic E-state index is -0.249. The van der Waals surface area contributed by atoms with Crippen molar-refractivity contribution in [3.63, 3.8) is 0 Å². The van der Waals surface area contributed by atoms with Gasteiger partial charge in [-0.2, -0.15) is 0 Å². The van der Waals surface area contributed by atoms with Crippen molar-refractivity contribution < 1.29 is 14.0 Å². The number of nitrogens with zero attached hydrogens (tertiary/aromatic N) is 1. The first-order chi connectivity index (χ1) is 12.2. The first-order valence-corrected chi connectivity index (χ1v) is 8.72. The monoisotopic (exact) mass is 341 g/mol. The number of urea groups is 1. The van der Waals surface area contributed by atoms with E-state index in [9.17, 15) is 9.59 Å². The lowest BCUT2D eigenvalue weighted by Crippen LogP contribution is -2.37. The molecule has 2 heterocycles. The number of amides is 3. The van der Waals surface area contributed by atoms with Gasteiger partial charge in [-0.1, -0.05) is 25.3 Å². The topological polar surface area (TPSA) is 74.6 Å². The van der Waals surface area contributed by atoms with Gasteiger partial charge in [-0.05, 0) is 37.1 Å². The molecule has 1 fully saturated rings. The van der Waals surface area contributed by atoms with E-state index in [1.54, 1.807) is 24.3 Å². The number of anilines is 2. The SMILES string of the molecule is O=C(Nc1cccc(NC(=O)N2CCCCCCC2)c1)c1ccoc1. The van der Waals surface area contributed by atoms with Crippen LogP contribution in [0.5, 0.6) is 0 Å². The second kappa shape index (κ2) is 8.37. The zero-order valence-electron chi connectivity index (χ0n) is 14.2. The third-order valence-corrected chi connectivity index (χ3v) is 4.30. The number of carbonyl (C=O) groups is 2. The van der Waals surface area contributed by atoms with Crippen LogP contribution in [0.2, 0.25) is 0 Å². The van der Waals surface area contributed by atoms with Gasteiger partial charge in [-0.25, -0.2) is 4.79 Å². The summed E-state index contributed by atoms with van der Waals surface area (Å²) in [4.78, 5) is 26.4. The summed E-state index contributed by atoms with van der Waals surface area (Å²) in [5, 5.41) is 5.72. The van der Waals surface area contributed by atoms with Gasteiger partial charge in [0.2, 0.25) is 0 Å². The van der Waals surface area contributed by atoms with E-state index in [4.69, 9.17) is 4.42 Å². The first kappa shape index (κ1) is 17.1. The molecule has 0 spiro atoms. The van der Waals surface area contributed by atoms with Crippen LogP contribution in [0.4, 0.5) is 16.2 Å². The maximum absolute atomic E-state index is 12.5. The molecule has 3 rings (SSSR count). The van der Waals surface area contributed by atoms with Gasteiger partial charge in [0.25, 0.3) is 5.91 Å². The Morgan fingerprint density at radius 1 is 0.920 bits per heavy atom. The summed E-state index contributed by atoms with van der Waals surface area (Å²) < 4.78 is 4.91. The van der Waals surface area contributed by atoms with Crippen LogP contribution < -0.4 is 10.6 Å². The maximum Gasteiger partial charge on any atom is 0.321 e. The van der Waals surface area contributed by atoms with Crippen molar-refractivity contribution in [2.45, 2.75) is 32.1 Å². The van der Waals surface area contributed by atoms with E-state index >= 15 is 0 Å². The van der Waals surface area contributed by atoms with Crippen molar-refractivity contribution in [2.75, 3.05) is 23.7 Å². The Bertz CT molecular complexity index is 704. The fourth-order valence-electron chi connectivity index (χ4n) is 2.92. The molecule has 0 bridgehead atoms. The van der Waals surface area contributed by atoms with E-state index in [0.717, 1.165) is 25.9 Å². The van der Waals surface area contributed by atoms with Gasteiger partial charge in [0.1, 0.15) is 6.26 Å². The highest BCUT2D eigenvalue weighted by molar-refractivity contribution is 6.04. The van der Waals surface area contributed by atoms with E-state index in [0.29, 0.717) is 16.9 Å². The van der Waals surface area contributed by atoms with Crippen LogP contribution in [0.15, 0.2) is 47.3 Å². The summed E-state index contributed by atoms with van der Waals surface area (Å²) >= 11 is 0. The lowest BCUT2D eigenvalue weighted by atomic mass is 10.1. The van der Waals surface area contributed by atoms with Gasteiger partial charge in [0, 0.05) is 24.5 Å². The largest absolute Gasteiger partial charge is 0.472 e. The van der Waals surface area contributed by atoms with Gasteiger partial charge < -0.3 is 20.0 Å². The molecule has 0 aliphatic carbocycles. The summed E-state index contributed by atoms with van der Waals surface area (Å²) in [6.45, 7) is 1.59. The molecule has 0 unspecified atom stereocenters. The molecule has 6 heteroatoms. The Morgan fingerprint density at radius 2 is 1.60 bits per heavy atom. The standard InChI is InChI=1S/C19H23N3O3/c23-18(15-9-12-25-14-15)20-16-7-6-8-17(13-16)21-19(24)22-10-4-2-1-3-5-11-22/h6-9,12-14H,1-5,10-11H2,(H,20,23)(H,21,24). The van der Waals surface area contributed by atoms with Crippen LogP contribution >= 0.6 is 0 Å². The highest BCUT2D eigenvalue weighted by atomic mass is 16.3. The summed E-state index contributed by atoms with van der Waals surface area (Å²) in [7, 11) is 0. The molecule has 1 saturated heterocycles. The van der Waals surface area contributed by atoms with Gasteiger partial charge in [-0.3, -0.25) is 4.79 Å². The Labute approximate surface area is 147 Å². The molecule has 3 amide bonds. The lowest BCUT2D eigenvalue weighted by molar-refractivity contribution is 0.102. The first-order valence-electron chi connectivity index (χ1n) is 8.72. The molecule has 1 aromatic heterocycles. The van der Waals surface area contributed by atoms with Crippen LogP contribution in [0.25, 0.3) is 0 Å². The molecule has 0 saturated carbocycles. The normalized spacial score (nSPS) is 15.1. The second-order valence-corrected chi connectivity index (χ2v) is 6.23. The summed E-state index contributed by atoms with van der Waals surface area (Å²) in [5.41, 5.74) is 1.74. The number of rotatable bonds is 3. The molecule has 1 aliphatic rings. The summed E-state index contributed by atoms with van der Waals surface area (Å²) in [6, 6.07) is 8.66. The lowest BCUT2D eigenvalue weighted by Gasteiger charge is -2.25. The van der Waals surface area contributed by atoms with Gasteiger partial charge in [0.15, 0.2) is 0 Å². The quantitative estimate of drug-likeness (QED) is 0.872. The fourth-order valence-corrected chi connectivity index (χ4v) is 2.92. The zero-order valence-corrected chi connectivity index (χ0v) is 14.2. The van der Waals surface area contributed by atoms with E-state index in [2.05, 4.69) is 10.6 Å². The highest BCUT2D eigenvalue weighted by Gasteiger charge is 2.15. The number of benzene rings is 1. The number of nitrogens with one attached hydrogen (secondary N) is 2. The van der Waals surface area contributed by atoms with E-state index in [-0.39, 0.29) is 11.9 Å². The van der Waals surface area contributed by atoms with E-state index < -0.39 is 0 Å². The minimum Gasteiger partial charge on any atom is -0.472 e. The molecular weight excluding hydrogens is 318 g/mol. The number of likely N-dealkylation sites (tertiary alicyclic amines) is 1. The molecule has 2 N–H and O–H groups in total. The molecule has 0 atom stereocenters. The Morgan fingerprint density at radius 3 is 2.28 bits per heavy atom. The third-order valence-electron chi connectivity index (χ3n) is 4.30. The predicted octanol–water partition coefficient (Wildman–Crippen LogP) is 4.33. The van der Waals surface area contributed by atoms with Crippen LogP contribution in [0.3, 0.4) is 0 Å². The maximum atomic E-state index is 12.5. The number of hydrogen-bond donors (Lipinski definition) is 2. The number of furan rings is 1. The Balaban J connectivity index is 1.60. The van der Waals surface area contributed by atoms with Crippen LogP contribution in [-0.2, 0) is 0 Å². The van der Waals surface area contributed by atoms with E-state index in [1.807, 2.05) is 11.0 Å². The second-order valence-electron chi connectivity index (χ2n) is 6.23. The van der Waals surface area contributed by atoms with Gasteiger partial charge in [0.05, 0.1) is 11.8 Å². The molecular formula is C19H23N3O3. The molecule has 6 nitrogen and oxygen atoms in total. The van der Waals surface area contributed by atoms with E-state index in [1.165, 1.54) is 31.8 Å². The highest BCUT2D eigenvalue weighted by Crippen LogP contribution is 2.18. The minimum absolute atomic E-state index is 0.0831. The van der Waals surface area contributed by atoms with Crippen molar-refractivity contribution >= 4 is 23.3 Å². The van der Waals surface area contributed by atoms with Crippen molar-refractivity contribution in [3.8, 4) is 0 Å². The van der Waals surface area contributed by atoms with Crippen LogP contribution in [0.1, 0.15) is 42.5 Å². The molecule has 1 aliphatic heterocycles. The predicted molar refractivity (Wildman–Crippen MR) is 96.8 cm³/mol. The smallest absolute Gasteiger partial charge is 0.321 e. The summed E-state index contributed by atoms with van der Waals surface area (Å²) in [5.74, 6) is -0.249. The number of hydrogen-bond acceptors (Lipinski definition) is 3. The number of carbonyl (C=O) groups excluding carboxylic acids is 2. The zero-order chi connectivity index (χ0) is 17.5.